The molecule has 0 unspecified atom stereocenters. The van der Waals surface area contributed by atoms with Gasteiger partial charge in [0.05, 0.1) is 31.8 Å². The number of fused-ring (bicyclic) bond motifs is 1. The Morgan fingerprint density at radius 2 is 1.82 bits per heavy atom. The zero-order valence-corrected chi connectivity index (χ0v) is 19.2. The van der Waals surface area contributed by atoms with Crippen LogP contribution in [0.2, 0.25) is 0 Å². The lowest BCUT2D eigenvalue weighted by Gasteiger charge is -2.11. The van der Waals surface area contributed by atoms with Crippen LogP contribution in [0.4, 0.5) is 0 Å². The number of rotatable bonds is 8. The van der Waals surface area contributed by atoms with Crippen molar-refractivity contribution >= 4 is 11.6 Å². The number of nitrogens with one attached hydrogen (secondary N) is 1. The highest BCUT2D eigenvalue weighted by Crippen LogP contribution is 2.32. The normalized spacial score (nSPS) is 11.1. The molecule has 2 heterocycles. The highest BCUT2D eigenvalue weighted by Gasteiger charge is 2.13. The van der Waals surface area contributed by atoms with Gasteiger partial charge < -0.3 is 19.7 Å². The third kappa shape index (κ3) is 4.80. The van der Waals surface area contributed by atoms with Gasteiger partial charge in [-0.05, 0) is 56.6 Å². The zero-order valence-electron chi connectivity index (χ0n) is 19.2. The molecule has 4 rings (SSSR count). The first-order valence-electron chi connectivity index (χ1n) is 10.6. The summed E-state index contributed by atoms with van der Waals surface area (Å²) in [6.45, 7) is 1.36. The van der Waals surface area contributed by atoms with Crippen molar-refractivity contribution in [2.24, 2.45) is 0 Å². The Balaban J connectivity index is 1.67. The Labute approximate surface area is 192 Å². The SMILES string of the molecule is COc1ccc(-c2ccc3ncc(-c4cccc(C(=O)NCCN(C)C)c4)n3n2)cc1OC. The van der Waals surface area contributed by atoms with Crippen LogP contribution in [0, 0.1) is 0 Å². The maximum atomic E-state index is 12.6. The van der Waals surface area contributed by atoms with E-state index in [9.17, 15) is 4.79 Å². The molecule has 0 bridgehead atoms. The number of ether oxygens (including phenoxy) is 2. The van der Waals surface area contributed by atoms with Crippen LogP contribution in [0.5, 0.6) is 11.5 Å². The Morgan fingerprint density at radius 1 is 1.00 bits per heavy atom. The maximum Gasteiger partial charge on any atom is 0.251 e. The van der Waals surface area contributed by atoms with E-state index in [2.05, 4.69) is 10.3 Å². The molecule has 0 saturated carbocycles. The number of nitrogens with zero attached hydrogens (tertiary/aromatic N) is 4. The average Bonchev–Trinajstić information content (AvgIpc) is 3.26. The average molecular weight is 446 g/mol. The van der Waals surface area contributed by atoms with Crippen molar-refractivity contribution in [3.63, 3.8) is 0 Å². The number of aromatic nitrogens is 3. The quantitative estimate of drug-likeness (QED) is 0.448. The largest absolute Gasteiger partial charge is 0.493 e. The van der Waals surface area contributed by atoms with Gasteiger partial charge >= 0.3 is 0 Å². The molecule has 0 atom stereocenters. The van der Waals surface area contributed by atoms with Crippen LogP contribution in [0.1, 0.15) is 10.4 Å². The summed E-state index contributed by atoms with van der Waals surface area (Å²) in [5, 5.41) is 7.76. The molecule has 0 aliphatic carbocycles. The lowest BCUT2D eigenvalue weighted by Crippen LogP contribution is -2.31. The van der Waals surface area contributed by atoms with E-state index in [1.54, 1.807) is 31.0 Å². The second-order valence-electron chi connectivity index (χ2n) is 7.84. The van der Waals surface area contributed by atoms with Crippen LogP contribution in [-0.4, -0.2) is 66.8 Å². The van der Waals surface area contributed by atoms with E-state index in [-0.39, 0.29) is 5.91 Å². The van der Waals surface area contributed by atoms with Gasteiger partial charge in [0.15, 0.2) is 17.1 Å². The Bertz CT molecular complexity index is 1280. The summed E-state index contributed by atoms with van der Waals surface area (Å²) in [4.78, 5) is 19.1. The molecule has 2 aromatic heterocycles. The fraction of sp³-hybridized carbons (Fsp3) is 0.240. The summed E-state index contributed by atoms with van der Waals surface area (Å²) in [5.41, 5.74) is 4.63. The zero-order chi connectivity index (χ0) is 23.4. The van der Waals surface area contributed by atoms with E-state index in [0.717, 1.165) is 34.7 Å². The third-order valence-electron chi connectivity index (χ3n) is 5.31. The lowest BCUT2D eigenvalue weighted by molar-refractivity contribution is 0.0951. The van der Waals surface area contributed by atoms with E-state index < -0.39 is 0 Å². The lowest BCUT2D eigenvalue weighted by atomic mass is 10.1. The molecule has 33 heavy (non-hydrogen) atoms. The molecule has 8 nitrogen and oxygen atoms in total. The maximum absolute atomic E-state index is 12.6. The van der Waals surface area contributed by atoms with Gasteiger partial charge in [0.25, 0.3) is 5.91 Å². The summed E-state index contributed by atoms with van der Waals surface area (Å²) in [6.07, 6.45) is 1.77. The summed E-state index contributed by atoms with van der Waals surface area (Å²) >= 11 is 0. The van der Waals surface area contributed by atoms with E-state index >= 15 is 0 Å². The smallest absolute Gasteiger partial charge is 0.251 e. The van der Waals surface area contributed by atoms with Crippen LogP contribution in [0.25, 0.3) is 28.2 Å². The Hall–Kier alpha value is -3.91. The third-order valence-corrected chi connectivity index (χ3v) is 5.31. The number of hydrogen-bond donors (Lipinski definition) is 1. The highest BCUT2D eigenvalue weighted by atomic mass is 16.5. The minimum Gasteiger partial charge on any atom is -0.493 e. The molecule has 8 heteroatoms. The number of amides is 1. The van der Waals surface area contributed by atoms with Gasteiger partial charge in [0, 0.05) is 29.8 Å². The number of carbonyl (C=O) groups is 1. The van der Waals surface area contributed by atoms with Crippen LogP contribution in [-0.2, 0) is 0 Å². The second-order valence-corrected chi connectivity index (χ2v) is 7.84. The van der Waals surface area contributed by atoms with Crippen LogP contribution in [0.15, 0.2) is 60.8 Å². The molecule has 1 N–H and O–H groups in total. The molecule has 0 aliphatic rings. The van der Waals surface area contributed by atoms with Gasteiger partial charge in [0.1, 0.15) is 0 Å². The number of likely N-dealkylation sites (N-methyl/N-ethyl adjacent to an activating group) is 1. The highest BCUT2D eigenvalue weighted by molar-refractivity contribution is 5.95. The van der Waals surface area contributed by atoms with Crippen molar-refractivity contribution in [1.29, 1.82) is 0 Å². The minimum atomic E-state index is -0.105. The van der Waals surface area contributed by atoms with E-state index in [4.69, 9.17) is 14.6 Å². The van der Waals surface area contributed by atoms with Gasteiger partial charge in [-0.1, -0.05) is 12.1 Å². The molecule has 0 spiro atoms. The van der Waals surface area contributed by atoms with Crippen molar-refractivity contribution in [1.82, 2.24) is 24.8 Å². The molecular weight excluding hydrogens is 418 g/mol. The molecule has 0 aliphatic heterocycles. The van der Waals surface area contributed by atoms with Crippen molar-refractivity contribution in [3.05, 3.63) is 66.4 Å². The first-order chi connectivity index (χ1) is 16.0. The molecule has 4 aromatic rings. The van der Waals surface area contributed by atoms with E-state index in [0.29, 0.717) is 23.6 Å². The molecule has 0 saturated heterocycles. The predicted octanol–water partition coefficient (Wildman–Crippen LogP) is 3.37. The second kappa shape index (κ2) is 9.70. The van der Waals surface area contributed by atoms with Crippen LogP contribution < -0.4 is 14.8 Å². The fourth-order valence-electron chi connectivity index (χ4n) is 3.53. The predicted molar refractivity (Wildman–Crippen MR) is 128 cm³/mol. The topological polar surface area (TPSA) is 81.0 Å². The number of imidazole rings is 1. The molecule has 1 amide bonds. The van der Waals surface area contributed by atoms with Crippen LogP contribution >= 0.6 is 0 Å². The van der Waals surface area contributed by atoms with Gasteiger partial charge in [-0.3, -0.25) is 4.79 Å². The molecule has 0 radical (unpaired) electrons. The molecular formula is C25H27N5O3. The van der Waals surface area contributed by atoms with Gasteiger partial charge in [-0.2, -0.15) is 5.10 Å². The number of carbonyl (C=O) groups excluding carboxylic acids is 1. The minimum absolute atomic E-state index is 0.105. The number of hydrogen-bond acceptors (Lipinski definition) is 6. The number of methoxy groups -OCH3 is 2. The van der Waals surface area contributed by atoms with Crippen molar-refractivity contribution in [2.75, 3.05) is 41.4 Å². The summed E-state index contributed by atoms with van der Waals surface area (Å²) in [7, 11) is 7.16. The Kier molecular flexibility index (Phi) is 6.55. The van der Waals surface area contributed by atoms with Gasteiger partial charge in [-0.15, -0.1) is 0 Å². The first-order valence-corrected chi connectivity index (χ1v) is 10.6. The van der Waals surface area contributed by atoms with Gasteiger partial charge in [0.2, 0.25) is 0 Å². The summed E-state index contributed by atoms with van der Waals surface area (Å²) in [6, 6.07) is 17.0. The molecule has 170 valence electrons. The standard InChI is InChI=1S/C25H27N5O3/c1-29(2)13-12-26-25(31)19-7-5-6-18(14-19)21-16-27-24-11-9-20(28-30(21)24)17-8-10-22(32-3)23(15-17)33-4/h5-11,14-16H,12-13H2,1-4H3,(H,26,31). The first kappa shape index (κ1) is 22.3. The van der Waals surface area contributed by atoms with Crippen LogP contribution in [0.3, 0.4) is 0 Å². The van der Waals surface area contributed by atoms with Crippen molar-refractivity contribution < 1.29 is 14.3 Å². The molecule has 0 fully saturated rings. The Morgan fingerprint density at radius 3 is 2.58 bits per heavy atom. The van der Waals surface area contributed by atoms with Crippen molar-refractivity contribution in [3.8, 4) is 34.0 Å². The van der Waals surface area contributed by atoms with E-state index in [1.807, 2.05) is 67.5 Å². The number of benzene rings is 2. The monoisotopic (exact) mass is 445 g/mol. The van der Waals surface area contributed by atoms with Crippen molar-refractivity contribution in [2.45, 2.75) is 0 Å². The van der Waals surface area contributed by atoms with Gasteiger partial charge in [-0.25, -0.2) is 9.50 Å². The fourth-order valence-corrected chi connectivity index (χ4v) is 3.53. The summed E-state index contributed by atoms with van der Waals surface area (Å²) < 4.78 is 12.5. The summed E-state index contributed by atoms with van der Waals surface area (Å²) in [5.74, 6) is 1.19. The molecule has 2 aromatic carbocycles. The van der Waals surface area contributed by atoms with E-state index in [1.165, 1.54) is 0 Å².